The minimum atomic E-state index is -4.33. The number of hydrogen-bond donors (Lipinski definition) is 1. The van der Waals surface area contributed by atoms with Crippen molar-refractivity contribution in [2.75, 3.05) is 38.8 Å². The van der Waals surface area contributed by atoms with E-state index in [-0.39, 0.29) is 34.8 Å². The summed E-state index contributed by atoms with van der Waals surface area (Å²) in [5.41, 5.74) is 0.955. The van der Waals surface area contributed by atoms with Crippen LogP contribution in [-0.2, 0) is 26.2 Å². The molecule has 3 aromatic carbocycles. The summed E-state index contributed by atoms with van der Waals surface area (Å²) in [4.78, 5) is 28.9. The van der Waals surface area contributed by atoms with Crippen molar-refractivity contribution >= 4 is 27.5 Å². The van der Waals surface area contributed by atoms with Gasteiger partial charge in [-0.2, -0.15) is 0 Å². The molecular formula is C33H43N3O8S. The first-order valence-corrected chi connectivity index (χ1v) is 16.1. The van der Waals surface area contributed by atoms with Crippen LogP contribution in [0, 0.1) is 0 Å². The molecule has 45 heavy (non-hydrogen) atoms. The average molecular weight is 642 g/mol. The van der Waals surface area contributed by atoms with Gasteiger partial charge >= 0.3 is 0 Å². The van der Waals surface area contributed by atoms with E-state index in [0.29, 0.717) is 35.8 Å². The zero-order valence-corrected chi connectivity index (χ0v) is 27.7. The minimum absolute atomic E-state index is 0.0492. The van der Waals surface area contributed by atoms with E-state index in [1.807, 2.05) is 26.8 Å². The number of carbonyl (C=O) groups excluding carboxylic acids is 2. The molecule has 0 bridgehead atoms. The van der Waals surface area contributed by atoms with Crippen molar-refractivity contribution in [2.45, 2.75) is 57.6 Å². The van der Waals surface area contributed by atoms with Crippen molar-refractivity contribution in [1.29, 1.82) is 0 Å². The Morgan fingerprint density at radius 2 is 1.53 bits per heavy atom. The van der Waals surface area contributed by atoms with Crippen LogP contribution in [0.5, 0.6) is 23.0 Å². The van der Waals surface area contributed by atoms with E-state index < -0.39 is 28.5 Å². The molecule has 0 spiro atoms. The fourth-order valence-electron chi connectivity index (χ4n) is 4.78. The first-order chi connectivity index (χ1) is 21.5. The molecule has 0 radical (unpaired) electrons. The maximum Gasteiger partial charge on any atom is 0.264 e. The topological polar surface area (TPSA) is 124 Å². The highest BCUT2D eigenvalue weighted by molar-refractivity contribution is 7.92. The minimum Gasteiger partial charge on any atom is -0.497 e. The zero-order chi connectivity index (χ0) is 33.1. The van der Waals surface area contributed by atoms with Crippen molar-refractivity contribution in [3.8, 4) is 23.0 Å². The summed E-state index contributed by atoms with van der Waals surface area (Å²) in [6.45, 7) is 7.22. The van der Waals surface area contributed by atoms with E-state index in [1.54, 1.807) is 56.5 Å². The van der Waals surface area contributed by atoms with Crippen molar-refractivity contribution in [2.24, 2.45) is 0 Å². The normalized spacial score (nSPS) is 11.8. The first kappa shape index (κ1) is 35.0. The number of carbonyl (C=O) groups is 2. The molecule has 2 amide bonds. The van der Waals surface area contributed by atoms with Gasteiger partial charge in [-0.25, -0.2) is 8.42 Å². The molecule has 3 aromatic rings. The summed E-state index contributed by atoms with van der Waals surface area (Å²) >= 11 is 0. The number of nitrogens with one attached hydrogen (secondary N) is 1. The first-order valence-electron chi connectivity index (χ1n) is 14.7. The quantitative estimate of drug-likeness (QED) is 0.240. The monoisotopic (exact) mass is 641 g/mol. The van der Waals surface area contributed by atoms with Crippen LogP contribution in [0.2, 0.25) is 0 Å². The molecule has 11 nitrogen and oxygen atoms in total. The van der Waals surface area contributed by atoms with E-state index in [2.05, 4.69) is 5.32 Å². The van der Waals surface area contributed by atoms with Gasteiger partial charge in [-0.1, -0.05) is 19.1 Å². The summed E-state index contributed by atoms with van der Waals surface area (Å²) < 4.78 is 51.1. The molecule has 0 fully saturated rings. The number of benzene rings is 3. The molecule has 1 atom stereocenters. The number of anilines is 1. The third kappa shape index (κ3) is 8.81. The fourth-order valence-corrected chi connectivity index (χ4v) is 6.21. The lowest BCUT2D eigenvalue weighted by Gasteiger charge is -2.33. The summed E-state index contributed by atoms with van der Waals surface area (Å²) in [5.74, 6) is 0.804. The third-order valence-electron chi connectivity index (χ3n) is 6.96. The van der Waals surface area contributed by atoms with Crippen molar-refractivity contribution in [1.82, 2.24) is 10.2 Å². The number of hydrogen-bond acceptors (Lipinski definition) is 8. The number of rotatable bonds is 16. The van der Waals surface area contributed by atoms with Crippen LogP contribution in [0.1, 0.15) is 39.7 Å². The lowest BCUT2D eigenvalue weighted by atomic mass is 10.1. The van der Waals surface area contributed by atoms with Crippen LogP contribution in [-0.4, -0.2) is 71.7 Å². The Hall–Kier alpha value is -4.45. The van der Waals surface area contributed by atoms with Gasteiger partial charge in [-0.3, -0.25) is 13.9 Å². The lowest BCUT2D eigenvalue weighted by Crippen LogP contribution is -2.53. The molecule has 0 heterocycles. The Kier molecular flexibility index (Phi) is 12.5. The summed E-state index contributed by atoms with van der Waals surface area (Å²) in [7, 11) is 0.0707. The Morgan fingerprint density at radius 3 is 2.11 bits per heavy atom. The lowest BCUT2D eigenvalue weighted by molar-refractivity contribution is -0.140. The molecule has 0 saturated heterocycles. The smallest absolute Gasteiger partial charge is 0.264 e. The maximum atomic E-state index is 14.3. The molecule has 0 aromatic heterocycles. The molecular weight excluding hydrogens is 598 g/mol. The van der Waals surface area contributed by atoms with Gasteiger partial charge in [-0.15, -0.1) is 0 Å². The van der Waals surface area contributed by atoms with Gasteiger partial charge in [0.1, 0.15) is 24.1 Å². The Labute approximate surface area is 266 Å². The van der Waals surface area contributed by atoms with Crippen LogP contribution < -0.4 is 28.6 Å². The summed E-state index contributed by atoms with van der Waals surface area (Å²) in [5, 5.41) is 2.89. The van der Waals surface area contributed by atoms with Gasteiger partial charge < -0.3 is 29.2 Å². The Morgan fingerprint density at radius 1 is 0.844 bits per heavy atom. The van der Waals surface area contributed by atoms with Crippen LogP contribution in [0.3, 0.4) is 0 Å². The van der Waals surface area contributed by atoms with E-state index in [1.165, 1.54) is 37.3 Å². The van der Waals surface area contributed by atoms with Gasteiger partial charge in [0.15, 0.2) is 11.5 Å². The maximum absolute atomic E-state index is 14.3. The van der Waals surface area contributed by atoms with Crippen molar-refractivity contribution < 1.29 is 37.0 Å². The highest BCUT2D eigenvalue weighted by atomic mass is 32.2. The number of ether oxygens (including phenoxy) is 4. The van der Waals surface area contributed by atoms with Gasteiger partial charge in [0.2, 0.25) is 11.8 Å². The summed E-state index contributed by atoms with van der Waals surface area (Å²) in [6.07, 6.45) is 0.305. The van der Waals surface area contributed by atoms with E-state index >= 15 is 0 Å². The number of sulfonamides is 1. The van der Waals surface area contributed by atoms with E-state index in [0.717, 1.165) is 4.31 Å². The number of amides is 2. The number of nitrogens with zero attached hydrogens (tertiary/aromatic N) is 2. The van der Waals surface area contributed by atoms with Crippen LogP contribution >= 0.6 is 0 Å². The molecule has 0 aliphatic carbocycles. The van der Waals surface area contributed by atoms with E-state index in [4.69, 9.17) is 18.9 Å². The molecule has 3 rings (SSSR count). The van der Waals surface area contributed by atoms with Gasteiger partial charge in [0, 0.05) is 18.7 Å². The second-order valence-corrected chi connectivity index (χ2v) is 12.3. The molecule has 1 N–H and O–H groups in total. The number of methoxy groups -OCH3 is 3. The Balaban J connectivity index is 2.12. The van der Waals surface area contributed by atoms with Crippen LogP contribution in [0.15, 0.2) is 71.6 Å². The van der Waals surface area contributed by atoms with Crippen molar-refractivity contribution in [3.05, 3.63) is 72.3 Å². The predicted molar refractivity (Wildman–Crippen MR) is 173 cm³/mol. The fraction of sp³-hybridized carbons (Fsp3) is 0.394. The standard InChI is InChI=1S/C33H43N3O8S/c1-8-29(33(38)34-23(3)4)35(21-24-11-10-12-27(19-24)41-5)32(37)22-36(25-13-15-26(16-14-25)44-9-2)45(39,40)28-17-18-30(42-6)31(20-28)43-7/h10-20,23,29H,8-9,21-22H2,1-7H3,(H,34,38)/t29-/m1/s1. The van der Waals surface area contributed by atoms with Gasteiger partial charge in [-0.05, 0) is 81.3 Å². The van der Waals surface area contributed by atoms with Crippen LogP contribution in [0.4, 0.5) is 5.69 Å². The Bertz CT molecular complexity index is 1540. The van der Waals surface area contributed by atoms with Gasteiger partial charge in [0.25, 0.3) is 10.0 Å². The zero-order valence-electron chi connectivity index (χ0n) is 26.9. The molecule has 0 aliphatic heterocycles. The van der Waals surface area contributed by atoms with Gasteiger partial charge in [0.05, 0.1) is 38.5 Å². The van der Waals surface area contributed by atoms with E-state index in [9.17, 15) is 18.0 Å². The average Bonchev–Trinajstić information content (AvgIpc) is 3.03. The molecule has 0 unspecified atom stereocenters. The SMILES string of the molecule is CCOc1ccc(N(CC(=O)N(Cc2cccc(OC)c2)[C@H](CC)C(=O)NC(C)C)S(=O)(=O)c2ccc(OC)c(OC)c2)cc1. The highest BCUT2D eigenvalue weighted by Gasteiger charge is 2.34. The van der Waals surface area contributed by atoms with Crippen LogP contribution in [0.25, 0.3) is 0 Å². The third-order valence-corrected chi connectivity index (χ3v) is 8.73. The largest absolute Gasteiger partial charge is 0.497 e. The summed E-state index contributed by atoms with van der Waals surface area (Å²) in [6, 6.07) is 16.8. The molecule has 12 heteroatoms. The second kappa shape index (κ2) is 16.0. The second-order valence-electron chi connectivity index (χ2n) is 10.4. The molecule has 0 aliphatic rings. The molecule has 0 saturated carbocycles. The predicted octanol–water partition coefficient (Wildman–Crippen LogP) is 4.64. The highest BCUT2D eigenvalue weighted by Crippen LogP contribution is 2.33. The van der Waals surface area contributed by atoms with Crippen molar-refractivity contribution in [3.63, 3.8) is 0 Å². The molecule has 244 valence electrons.